The highest BCUT2D eigenvalue weighted by molar-refractivity contribution is 5.96. The van der Waals surface area contributed by atoms with Gasteiger partial charge in [-0.15, -0.1) is 0 Å². The Morgan fingerprint density at radius 1 is 1.43 bits per heavy atom. The highest BCUT2D eigenvalue weighted by Gasteiger charge is 2.16. The predicted octanol–water partition coefficient (Wildman–Crippen LogP) is 1.57. The van der Waals surface area contributed by atoms with Crippen molar-refractivity contribution >= 4 is 5.91 Å². The average molecular weight is 283 g/mol. The molecule has 5 nitrogen and oxygen atoms in total. The summed E-state index contributed by atoms with van der Waals surface area (Å²) >= 11 is 0. The van der Waals surface area contributed by atoms with Crippen molar-refractivity contribution in [3.63, 3.8) is 0 Å². The standard InChI is InChI=1S/C16H17N3O2/c1-12-5-6-14(21-12)11-19(2)16(20)15-7-9-18-10-13(15)4-3-8-17/h5-7,9-10H,8,11,17H2,1-2H3. The van der Waals surface area contributed by atoms with Gasteiger partial charge in [0.15, 0.2) is 0 Å². The highest BCUT2D eigenvalue weighted by atomic mass is 16.3. The molecule has 2 N–H and O–H groups in total. The maximum Gasteiger partial charge on any atom is 0.255 e. The van der Waals surface area contributed by atoms with Gasteiger partial charge in [0.05, 0.1) is 24.2 Å². The highest BCUT2D eigenvalue weighted by Crippen LogP contribution is 2.13. The van der Waals surface area contributed by atoms with Crippen LogP contribution in [0.3, 0.4) is 0 Å². The molecule has 108 valence electrons. The minimum absolute atomic E-state index is 0.132. The van der Waals surface area contributed by atoms with E-state index in [0.29, 0.717) is 17.7 Å². The molecule has 0 spiro atoms. The molecule has 0 aromatic carbocycles. The third-order valence-corrected chi connectivity index (χ3v) is 2.91. The van der Waals surface area contributed by atoms with Gasteiger partial charge >= 0.3 is 0 Å². The van der Waals surface area contributed by atoms with Crippen LogP contribution >= 0.6 is 0 Å². The van der Waals surface area contributed by atoms with E-state index in [1.54, 1.807) is 30.4 Å². The second-order valence-corrected chi connectivity index (χ2v) is 4.60. The molecule has 2 heterocycles. The van der Waals surface area contributed by atoms with Crippen LogP contribution in [0.4, 0.5) is 0 Å². The minimum atomic E-state index is -0.132. The number of carbonyl (C=O) groups excluding carboxylic acids is 1. The zero-order valence-corrected chi connectivity index (χ0v) is 12.1. The molecule has 0 radical (unpaired) electrons. The molecular formula is C16H17N3O2. The third-order valence-electron chi connectivity index (χ3n) is 2.91. The van der Waals surface area contributed by atoms with Crippen LogP contribution in [-0.4, -0.2) is 29.4 Å². The van der Waals surface area contributed by atoms with Gasteiger partial charge < -0.3 is 15.1 Å². The molecular weight excluding hydrogens is 266 g/mol. The van der Waals surface area contributed by atoms with Crippen LogP contribution in [0.1, 0.15) is 27.4 Å². The fourth-order valence-electron chi connectivity index (χ4n) is 1.91. The summed E-state index contributed by atoms with van der Waals surface area (Å²) in [6.45, 7) is 2.51. The van der Waals surface area contributed by atoms with E-state index < -0.39 is 0 Å². The topological polar surface area (TPSA) is 72.4 Å². The first kappa shape index (κ1) is 14.8. The predicted molar refractivity (Wildman–Crippen MR) is 79.4 cm³/mol. The Labute approximate surface area is 123 Å². The van der Waals surface area contributed by atoms with Crippen LogP contribution in [0, 0.1) is 18.8 Å². The van der Waals surface area contributed by atoms with Crippen molar-refractivity contribution in [1.82, 2.24) is 9.88 Å². The van der Waals surface area contributed by atoms with Crippen LogP contribution in [0.5, 0.6) is 0 Å². The van der Waals surface area contributed by atoms with Gasteiger partial charge in [0.25, 0.3) is 5.91 Å². The summed E-state index contributed by atoms with van der Waals surface area (Å²) in [7, 11) is 1.72. The fraction of sp³-hybridized carbons (Fsp3) is 0.250. The molecule has 0 fully saturated rings. The van der Waals surface area contributed by atoms with Crippen LogP contribution in [0.2, 0.25) is 0 Å². The molecule has 2 aromatic heterocycles. The van der Waals surface area contributed by atoms with Crippen molar-refractivity contribution in [3.8, 4) is 11.8 Å². The molecule has 2 rings (SSSR count). The summed E-state index contributed by atoms with van der Waals surface area (Å²) in [6.07, 6.45) is 3.15. The number of furan rings is 1. The summed E-state index contributed by atoms with van der Waals surface area (Å²) in [5.74, 6) is 7.04. The number of carbonyl (C=O) groups is 1. The molecule has 0 bridgehead atoms. The molecule has 0 aliphatic rings. The molecule has 0 aliphatic heterocycles. The number of hydrogen-bond donors (Lipinski definition) is 1. The van der Waals surface area contributed by atoms with Gasteiger partial charge in [0.1, 0.15) is 11.5 Å². The van der Waals surface area contributed by atoms with Crippen LogP contribution < -0.4 is 5.73 Å². The van der Waals surface area contributed by atoms with Gasteiger partial charge in [-0.1, -0.05) is 11.8 Å². The van der Waals surface area contributed by atoms with E-state index in [-0.39, 0.29) is 12.5 Å². The number of aryl methyl sites for hydroxylation is 1. The van der Waals surface area contributed by atoms with Crippen molar-refractivity contribution in [2.24, 2.45) is 5.73 Å². The number of aromatic nitrogens is 1. The molecule has 2 aromatic rings. The Bertz CT molecular complexity index is 695. The van der Waals surface area contributed by atoms with E-state index in [0.717, 1.165) is 11.5 Å². The molecule has 0 saturated carbocycles. The first-order valence-electron chi connectivity index (χ1n) is 6.55. The summed E-state index contributed by atoms with van der Waals surface area (Å²) < 4.78 is 5.48. The third kappa shape index (κ3) is 3.71. The van der Waals surface area contributed by atoms with Crippen molar-refractivity contribution in [2.45, 2.75) is 13.5 Å². The van der Waals surface area contributed by atoms with E-state index >= 15 is 0 Å². The molecule has 0 atom stereocenters. The summed E-state index contributed by atoms with van der Waals surface area (Å²) in [5, 5.41) is 0. The second kappa shape index (κ2) is 6.73. The molecule has 0 aliphatic carbocycles. The molecule has 0 unspecified atom stereocenters. The average Bonchev–Trinajstić information content (AvgIpc) is 2.89. The van der Waals surface area contributed by atoms with Gasteiger partial charge in [0, 0.05) is 19.4 Å². The SMILES string of the molecule is Cc1ccc(CN(C)C(=O)c2ccncc2C#CCN)o1. The van der Waals surface area contributed by atoms with Crippen molar-refractivity contribution < 1.29 is 9.21 Å². The molecule has 5 heteroatoms. The maximum absolute atomic E-state index is 12.5. The van der Waals surface area contributed by atoms with Crippen LogP contribution in [-0.2, 0) is 6.54 Å². The van der Waals surface area contributed by atoms with E-state index in [1.165, 1.54) is 0 Å². The largest absolute Gasteiger partial charge is 0.464 e. The first-order valence-corrected chi connectivity index (χ1v) is 6.55. The monoisotopic (exact) mass is 283 g/mol. The van der Waals surface area contributed by atoms with Crippen molar-refractivity contribution in [3.05, 3.63) is 53.2 Å². The van der Waals surface area contributed by atoms with Gasteiger partial charge in [-0.2, -0.15) is 0 Å². The quantitative estimate of drug-likeness (QED) is 0.868. The lowest BCUT2D eigenvalue weighted by molar-refractivity contribution is 0.0774. The lowest BCUT2D eigenvalue weighted by atomic mass is 10.1. The van der Waals surface area contributed by atoms with E-state index in [4.69, 9.17) is 10.2 Å². The number of pyridine rings is 1. The number of amides is 1. The minimum Gasteiger partial charge on any atom is -0.464 e. The van der Waals surface area contributed by atoms with Crippen molar-refractivity contribution in [2.75, 3.05) is 13.6 Å². The maximum atomic E-state index is 12.5. The Hall–Kier alpha value is -2.58. The summed E-state index contributed by atoms with van der Waals surface area (Å²) in [4.78, 5) is 18.1. The second-order valence-electron chi connectivity index (χ2n) is 4.60. The molecule has 1 amide bonds. The van der Waals surface area contributed by atoms with E-state index in [1.807, 2.05) is 19.1 Å². The first-order chi connectivity index (χ1) is 10.1. The summed E-state index contributed by atoms with van der Waals surface area (Å²) in [6, 6.07) is 5.39. The lowest BCUT2D eigenvalue weighted by Gasteiger charge is -2.16. The zero-order chi connectivity index (χ0) is 15.2. The number of hydrogen-bond acceptors (Lipinski definition) is 4. The zero-order valence-electron chi connectivity index (χ0n) is 12.1. The Morgan fingerprint density at radius 3 is 2.90 bits per heavy atom. The van der Waals surface area contributed by atoms with E-state index in [2.05, 4.69) is 16.8 Å². The van der Waals surface area contributed by atoms with Crippen molar-refractivity contribution in [1.29, 1.82) is 0 Å². The van der Waals surface area contributed by atoms with Gasteiger partial charge in [0.2, 0.25) is 0 Å². The number of rotatable bonds is 3. The van der Waals surface area contributed by atoms with Crippen LogP contribution in [0.25, 0.3) is 0 Å². The van der Waals surface area contributed by atoms with Gasteiger partial charge in [-0.25, -0.2) is 0 Å². The van der Waals surface area contributed by atoms with E-state index in [9.17, 15) is 4.79 Å². The van der Waals surface area contributed by atoms with Gasteiger partial charge in [-0.05, 0) is 25.1 Å². The van der Waals surface area contributed by atoms with Gasteiger partial charge in [-0.3, -0.25) is 9.78 Å². The fourth-order valence-corrected chi connectivity index (χ4v) is 1.91. The summed E-state index contributed by atoms with van der Waals surface area (Å²) in [5.41, 5.74) is 6.46. The lowest BCUT2D eigenvalue weighted by Crippen LogP contribution is -2.26. The molecule has 0 saturated heterocycles. The normalized spacial score (nSPS) is 9.86. The smallest absolute Gasteiger partial charge is 0.255 e. The van der Waals surface area contributed by atoms with Crippen LogP contribution in [0.15, 0.2) is 35.0 Å². The Morgan fingerprint density at radius 2 is 2.24 bits per heavy atom. The Balaban J connectivity index is 2.19. The number of nitrogens with two attached hydrogens (primary N) is 1. The Kier molecular flexibility index (Phi) is 4.75. The number of nitrogens with zero attached hydrogens (tertiary/aromatic N) is 2. The molecule has 21 heavy (non-hydrogen) atoms.